The third-order valence-electron chi connectivity index (χ3n) is 1.67. The standard InChI is InChI=1S/C9H10BrF2N/c1-5(13)4-6-8(11)3-2-7(10)9(6)12/h2-3,5H,4,13H2,1H3. The molecule has 0 radical (unpaired) electrons. The molecule has 0 saturated heterocycles. The first-order valence-electron chi connectivity index (χ1n) is 3.90. The summed E-state index contributed by atoms with van der Waals surface area (Å²) in [4.78, 5) is 0. The third kappa shape index (κ3) is 2.48. The first-order chi connectivity index (χ1) is 6.02. The van der Waals surface area contributed by atoms with E-state index in [9.17, 15) is 8.78 Å². The van der Waals surface area contributed by atoms with Crippen LogP contribution >= 0.6 is 15.9 Å². The van der Waals surface area contributed by atoms with Crippen LogP contribution in [0, 0.1) is 11.6 Å². The van der Waals surface area contributed by atoms with Crippen molar-refractivity contribution in [3.8, 4) is 0 Å². The van der Waals surface area contributed by atoms with E-state index in [1.54, 1.807) is 6.92 Å². The zero-order valence-corrected chi connectivity index (χ0v) is 8.74. The van der Waals surface area contributed by atoms with Crippen LogP contribution in [0.3, 0.4) is 0 Å². The molecule has 2 N–H and O–H groups in total. The van der Waals surface area contributed by atoms with Gasteiger partial charge in [-0.2, -0.15) is 0 Å². The van der Waals surface area contributed by atoms with Gasteiger partial charge in [0.05, 0.1) is 4.47 Å². The number of halogens is 3. The molecule has 13 heavy (non-hydrogen) atoms. The smallest absolute Gasteiger partial charge is 0.143 e. The summed E-state index contributed by atoms with van der Waals surface area (Å²) in [6, 6.07) is 2.32. The largest absolute Gasteiger partial charge is 0.328 e. The average Bonchev–Trinajstić information content (AvgIpc) is 2.05. The second-order valence-corrected chi connectivity index (χ2v) is 3.86. The van der Waals surface area contributed by atoms with Crippen molar-refractivity contribution in [3.63, 3.8) is 0 Å². The highest BCUT2D eigenvalue weighted by Gasteiger charge is 2.13. The van der Waals surface area contributed by atoms with Crippen LogP contribution in [0.2, 0.25) is 0 Å². The highest BCUT2D eigenvalue weighted by atomic mass is 79.9. The summed E-state index contributed by atoms with van der Waals surface area (Å²) in [5.74, 6) is -1.10. The monoisotopic (exact) mass is 249 g/mol. The summed E-state index contributed by atoms with van der Waals surface area (Å²) < 4.78 is 26.6. The Labute approximate surface area is 84.1 Å². The van der Waals surface area contributed by atoms with Crippen LogP contribution in [-0.4, -0.2) is 6.04 Å². The van der Waals surface area contributed by atoms with Crippen LogP contribution in [0.5, 0.6) is 0 Å². The second-order valence-electron chi connectivity index (χ2n) is 3.00. The van der Waals surface area contributed by atoms with E-state index in [1.165, 1.54) is 12.1 Å². The first-order valence-corrected chi connectivity index (χ1v) is 4.69. The molecule has 1 atom stereocenters. The lowest BCUT2D eigenvalue weighted by molar-refractivity contribution is 0.538. The number of nitrogens with two attached hydrogens (primary N) is 1. The molecule has 1 unspecified atom stereocenters. The fourth-order valence-electron chi connectivity index (χ4n) is 1.08. The van der Waals surface area contributed by atoms with Gasteiger partial charge in [-0.1, -0.05) is 0 Å². The fraction of sp³-hybridized carbons (Fsp3) is 0.333. The van der Waals surface area contributed by atoms with Crippen molar-refractivity contribution in [2.24, 2.45) is 5.73 Å². The molecule has 0 amide bonds. The third-order valence-corrected chi connectivity index (χ3v) is 2.28. The normalized spacial score (nSPS) is 13.0. The van der Waals surface area contributed by atoms with Crippen molar-refractivity contribution < 1.29 is 8.78 Å². The number of hydrogen-bond acceptors (Lipinski definition) is 1. The van der Waals surface area contributed by atoms with E-state index in [1.807, 2.05) is 0 Å². The van der Waals surface area contributed by atoms with Crippen molar-refractivity contribution in [3.05, 3.63) is 33.8 Å². The maximum absolute atomic E-state index is 13.3. The number of rotatable bonds is 2. The van der Waals surface area contributed by atoms with Gasteiger partial charge < -0.3 is 5.73 Å². The van der Waals surface area contributed by atoms with E-state index in [2.05, 4.69) is 15.9 Å². The molecule has 0 fully saturated rings. The molecule has 1 aromatic rings. The SMILES string of the molecule is CC(N)Cc1c(F)ccc(Br)c1F. The molecule has 72 valence electrons. The van der Waals surface area contributed by atoms with Gasteiger partial charge >= 0.3 is 0 Å². The van der Waals surface area contributed by atoms with E-state index >= 15 is 0 Å². The Morgan fingerprint density at radius 2 is 2.08 bits per heavy atom. The highest BCUT2D eigenvalue weighted by Crippen LogP contribution is 2.22. The van der Waals surface area contributed by atoms with Crippen LogP contribution in [-0.2, 0) is 6.42 Å². The molecule has 0 aliphatic heterocycles. The minimum Gasteiger partial charge on any atom is -0.328 e. The highest BCUT2D eigenvalue weighted by molar-refractivity contribution is 9.10. The van der Waals surface area contributed by atoms with Gasteiger partial charge in [-0.3, -0.25) is 0 Å². The maximum atomic E-state index is 13.3. The minimum absolute atomic E-state index is 0.0457. The Morgan fingerprint density at radius 1 is 1.46 bits per heavy atom. The Bertz CT molecular complexity index is 313. The van der Waals surface area contributed by atoms with Crippen LogP contribution in [0.15, 0.2) is 16.6 Å². The van der Waals surface area contributed by atoms with Gasteiger partial charge in [0, 0.05) is 11.6 Å². The van der Waals surface area contributed by atoms with Gasteiger partial charge in [0.15, 0.2) is 0 Å². The molecule has 0 aromatic heterocycles. The Hall–Kier alpha value is -0.480. The minimum atomic E-state index is -0.558. The van der Waals surface area contributed by atoms with E-state index in [0.29, 0.717) is 0 Å². The molecule has 0 aliphatic carbocycles. The molecule has 0 heterocycles. The van der Waals surface area contributed by atoms with E-state index < -0.39 is 11.6 Å². The number of hydrogen-bond donors (Lipinski definition) is 1. The van der Waals surface area contributed by atoms with Crippen molar-refractivity contribution in [2.45, 2.75) is 19.4 Å². The first kappa shape index (κ1) is 10.6. The van der Waals surface area contributed by atoms with Crippen LogP contribution in [0.1, 0.15) is 12.5 Å². The molecular formula is C9H10BrF2N. The Morgan fingerprint density at radius 3 is 2.62 bits per heavy atom. The Kier molecular flexibility index (Phi) is 3.39. The molecule has 0 aliphatic rings. The van der Waals surface area contributed by atoms with Crippen LogP contribution < -0.4 is 5.73 Å². The van der Waals surface area contributed by atoms with E-state index in [-0.39, 0.29) is 22.5 Å². The fourth-order valence-corrected chi connectivity index (χ4v) is 1.45. The molecule has 0 spiro atoms. The lowest BCUT2D eigenvalue weighted by Gasteiger charge is -2.08. The quantitative estimate of drug-likeness (QED) is 0.802. The molecule has 4 heteroatoms. The van der Waals surface area contributed by atoms with Crippen LogP contribution in [0.4, 0.5) is 8.78 Å². The van der Waals surface area contributed by atoms with Gasteiger partial charge in [0.1, 0.15) is 11.6 Å². The van der Waals surface area contributed by atoms with Crippen molar-refractivity contribution in [1.82, 2.24) is 0 Å². The lowest BCUT2D eigenvalue weighted by atomic mass is 10.1. The summed E-state index contributed by atoms with van der Waals surface area (Å²) in [5, 5.41) is 0. The summed E-state index contributed by atoms with van der Waals surface area (Å²) in [6.07, 6.45) is 0.205. The van der Waals surface area contributed by atoms with Gasteiger partial charge in [-0.15, -0.1) is 0 Å². The predicted octanol–water partition coefficient (Wildman–Crippen LogP) is 2.62. The molecular weight excluding hydrogens is 240 g/mol. The summed E-state index contributed by atoms with van der Waals surface area (Å²) in [7, 11) is 0. The van der Waals surface area contributed by atoms with Crippen LogP contribution in [0.25, 0.3) is 0 Å². The summed E-state index contributed by atoms with van der Waals surface area (Å²) >= 11 is 2.99. The Balaban J connectivity index is 3.10. The van der Waals surface area contributed by atoms with Gasteiger partial charge in [-0.25, -0.2) is 8.78 Å². The van der Waals surface area contributed by atoms with Gasteiger partial charge in [-0.05, 0) is 41.4 Å². The van der Waals surface area contributed by atoms with Gasteiger partial charge in [0.2, 0.25) is 0 Å². The second kappa shape index (κ2) is 4.15. The molecule has 1 rings (SSSR count). The van der Waals surface area contributed by atoms with Crippen molar-refractivity contribution in [1.29, 1.82) is 0 Å². The van der Waals surface area contributed by atoms with E-state index in [4.69, 9.17) is 5.73 Å². The van der Waals surface area contributed by atoms with Gasteiger partial charge in [0.25, 0.3) is 0 Å². The molecule has 0 saturated carbocycles. The maximum Gasteiger partial charge on any atom is 0.143 e. The summed E-state index contributed by atoms with van der Waals surface area (Å²) in [6.45, 7) is 1.71. The molecule has 0 bridgehead atoms. The number of benzene rings is 1. The zero-order valence-electron chi connectivity index (χ0n) is 7.15. The zero-order chi connectivity index (χ0) is 10.0. The molecule has 1 nitrogen and oxygen atoms in total. The molecule has 1 aromatic carbocycles. The lowest BCUT2D eigenvalue weighted by Crippen LogP contribution is -2.19. The average molecular weight is 250 g/mol. The topological polar surface area (TPSA) is 26.0 Å². The van der Waals surface area contributed by atoms with Crippen molar-refractivity contribution >= 4 is 15.9 Å². The summed E-state index contributed by atoms with van der Waals surface area (Å²) in [5.41, 5.74) is 5.51. The van der Waals surface area contributed by atoms with E-state index in [0.717, 1.165) is 0 Å². The van der Waals surface area contributed by atoms with Crippen molar-refractivity contribution in [2.75, 3.05) is 0 Å². The predicted molar refractivity (Wildman–Crippen MR) is 51.4 cm³/mol.